The van der Waals surface area contributed by atoms with Crippen LogP contribution in [0.4, 0.5) is 0 Å². The first-order valence-electron chi connectivity index (χ1n) is 6.47. The number of aliphatic carboxylic acids is 1. The molecule has 6 heteroatoms. The van der Waals surface area contributed by atoms with Crippen molar-refractivity contribution < 1.29 is 18.3 Å². The molecule has 1 aromatic rings. The third kappa shape index (κ3) is 2.14. The molecule has 20 heavy (non-hydrogen) atoms. The van der Waals surface area contributed by atoms with Crippen LogP contribution in [-0.4, -0.2) is 25.5 Å². The predicted octanol–water partition coefficient (Wildman–Crippen LogP) is 1.24. The van der Waals surface area contributed by atoms with Crippen LogP contribution in [0, 0.1) is 17.8 Å². The molecule has 1 aromatic carbocycles. The third-order valence-corrected chi connectivity index (χ3v) is 5.56. The van der Waals surface area contributed by atoms with E-state index in [1.807, 2.05) is 12.2 Å². The number of sulfonamides is 1. The van der Waals surface area contributed by atoms with E-state index in [2.05, 4.69) is 4.72 Å². The molecule has 2 N–H and O–H groups in total. The molecule has 0 saturated heterocycles. The van der Waals surface area contributed by atoms with Crippen molar-refractivity contribution >= 4 is 16.0 Å². The Morgan fingerprint density at radius 3 is 2.45 bits per heavy atom. The topological polar surface area (TPSA) is 83.5 Å². The standard InChI is InChI=1S/C14H15NO4S/c16-14(17)12-9-6-7-10(8-9)13(12)15-20(18,19)11-4-2-1-3-5-11/h1-7,9-10,12-13,15H,8H2,(H,16,17)/t9-,10+,12-,13+/m1/s1. The minimum atomic E-state index is -3.68. The highest BCUT2D eigenvalue weighted by molar-refractivity contribution is 7.89. The van der Waals surface area contributed by atoms with Crippen molar-refractivity contribution in [3.05, 3.63) is 42.5 Å². The van der Waals surface area contributed by atoms with Crippen LogP contribution in [0.5, 0.6) is 0 Å². The monoisotopic (exact) mass is 293 g/mol. The third-order valence-electron chi connectivity index (χ3n) is 4.09. The Labute approximate surface area is 117 Å². The van der Waals surface area contributed by atoms with Crippen molar-refractivity contribution in [1.82, 2.24) is 4.72 Å². The number of fused-ring (bicyclic) bond motifs is 2. The molecule has 106 valence electrons. The maximum absolute atomic E-state index is 12.3. The summed E-state index contributed by atoms with van der Waals surface area (Å²) < 4.78 is 27.2. The quantitative estimate of drug-likeness (QED) is 0.818. The lowest BCUT2D eigenvalue weighted by Crippen LogP contribution is -2.45. The van der Waals surface area contributed by atoms with Crippen LogP contribution >= 0.6 is 0 Å². The van der Waals surface area contributed by atoms with Crippen LogP contribution in [0.25, 0.3) is 0 Å². The number of nitrogens with one attached hydrogen (secondary N) is 1. The lowest BCUT2D eigenvalue weighted by atomic mass is 9.90. The van der Waals surface area contributed by atoms with Gasteiger partial charge in [-0.05, 0) is 30.4 Å². The van der Waals surface area contributed by atoms with Crippen molar-refractivity contribution in [3.63, 3.8) is 0 Å². The Bertz CT molecular complexity index is 653. The molecule has 0 heterocycles. The summed E-state index contributed by atoms with van der Waals surface area (Å²) in [6.45, 7) is 0. The molecule has 2 aliphatic rings. The molecule has 0 spiro atoms. The highest BCUT2D eigenvalue weighted by Crippen LogP contribution is 2.44. The molecule has 5 nitrogen and oxygen atoms in total. The molecule has 0 unspecified atom stereocenters. The smallest absolute Gasteiger partial charge is 0.308 e. The van der Waals surface area contributed by atoms with E-state index in [1.54, 1.807) is 18.2 Å². The minimum Gasteiger partial charge on any atom is -0.481 e. The summed E-state index contributed by atoms with van der Waals surface area (Å²) in [5.41, 5.74) is 0. The van der Waals surface area contributed by atoms with Gasteiger partial charge in [0.1, 0.15) is 0 Å². The average molecular weight is 293 g/mol. The van der Waals surface area contributed by atoms with E-state index in [0.29, 0.717) is 6.42 Å². The molecule has 0 aromatic heterocycles. The van der Waals surface area contributed by atoms with Gasteiger partial charge in [0.2, 0.25) is 10.0 Å². The Balaban J connectivity index is 1.88. The molecule has 4 atom stereocenters. The maximum atomic E-state index is 12.3. The summed E-state index contributed by atoms with van der Waals surface area (Å²) in [7, 11) is -3.68. The van der Waals surface area contributed by atoms with E-state index in [4.69, 9.17) is 0 Å². The average Bonchev–Trinajstić information content (AvgIpc) is 3.00. The first kappa shape index (κ1) is 13.3. The van der Waals surface area contributed by atoms with Gasteiger partial charge < -0.3 is 5.11 Å². The summed E-state index contributed by atoms with van der Waals surface area (Å²) in [6, 6.07) is 7.46. The SMILES string of the molecule is O=C(O)[C@H]1[C@@H](NS(=O)(=O)c2ccccc2)[C@H]2C=C[C@@H]1C2. The van der Waals surface area contributed by atoms with Crippen LogP contribution in [-0.2, 0) is 14.8 Å². The van der Waals surface area contributed by atoms with E-state index >= 15 is 0 Å². The number of benzene rings is 1. The molecule has 2 bridgehead atoms. The Morgan fingerprint density at radius 1 is 1.15 bits per heavy atom. The van der Waals surface area contributed by atoms with Gasteiger partial charge in [-0.3, -0.25) is 4.79 Å². The second-order valence-corrected chi connectivity index (χ2v) is 6.99. The summed E-state index contributed by atoms with van der Waals surface area (Å²) in [4.78, 5) is 11.5. The van der Waals surface area contributed by atoms with Crippen molar-refractivity contribution in [2.24, 2.45) is 17.8 Å². The van der Waals surface area contributed by atoms with Gasteiger partial charge in [-0.1, -0.05) is 30.4 Å². The zero-order valence-electron chi connectivity index (χ0n) is 10.6. The van der Waals surface area contributed by atoms with Crippen LogP contribution in [0.2, 0.25) is 0 Å². The van der Waals surface area contributed by atoms with E-state index < -0.39 is 28.0 Å². The van der Waals surface area contributed by atoms with E-state index in [1.165, 1.54) is 12.1 Å². The van der Waals surface area contributed by atoms with Gasteiger partial charge in [-0.25, -0.2) is 13.1 Å². The zero-order valence-corrected chi connectivity index (χ0v) is 11.5. The molecule has 2 aliphatic carbocycles. The molecule has 1 saturated carbocycles. The van der Waals surface area contributed by atoms with Crippen molar-refractivity contribution in [2.45, 2.75) is 17.4 Å². The van der Waals surface area contributed by atoms with Gasteiger partial charge in [-0.15, -0.1) is 0 Å². The molecular formula is C14H15NO4S. The number of hydrogen-bond acceptors (Lipinski definition) is 3. The van der Waals surface area contributed by atoms with Gasteiger partial charge in [0.05, 0.1) is 10.8 Å². The van der Waals surface area contributed by atoms with E-state index in [9.17, 15) is 18.3 Å². The molecular weight excluding hydrogens is 278 g/mol. The Kier molecular flexibility index (Phi) is 3.14. The van der Waals surface area contributed by atoms with E-state index in [0.717, 1.165) is 0 Å². The molecule has 0 amide bonds. The summed E-state index contributed by atoms with van der Waals surface area (Å²) in [5.74, 6) is -1.72. The van der Waals surface area contributed by atoms with Crippen LogP contribution < -0.4 is 4.72 Å². The normalized spacial score (nSPS) is 31.6. The molecule has 0 aliphatic heterocycles. The zero-order chi connectivity index (χ0) is 14.3. The number of carboxylic acid groups (broad SMARTS) is 1. The fourth-order valence-corrected chi connectivity index (χ4v) is 4.50. The molecule has 0 radical (unpaired) electrons. The van der Waals surface area contributed by atoms with Gasteiger partial charge in [-0.2, -0.15) is 0 Å². The fourth-order valence-electron chi connectivity index (χ4n) is 3.17. The Morgan fingerprint density at radius 2 is 1.80 bits per heavy atom. The van der Waals surface area contributed by atoms with Crippen LogP contribution in [0.15, 0.2) is 47.4 Å². The number of hydrogen-bond donors (Lipinski definition) is 2. The largest absolute Gasteiger partial charge is 0.481 e. The van der Waals surface area contributed by atoms with Crippen LogP contribution in [0.3, 0.4) is 0 Å². The predicted molar refractivity (Wildman–Crippen MR) is 72.4 cm³/mol. The number of carboxylic acids is 1. The van der Waals surface area contributed by atoms with Crippen molar-refractivity contribution in [1.29, 1.82) is 0 Å². The number of allylic oxidation sites excluding steroid dienone is 1. The Hall–Kier alpha value is -1.66. The molecule has 1 fully saturated rings. The van der Waals surface area contributed by atoms with Gasteiger partial charge in [0.15, 0.2) is 0 Å². The van der Waals surface area contributed by atoms with Crippen molar-refractivity contribution in [2.75, 3.05) is 0 Å². The van der Waals surface area contributed by atoms with Gasteiger partial charge in [0.25, 0.3) is 0 Å². The van der Waals surface area contributed by atoms with Gasteiger partial charge in [0, 0.05) is 6.04 Å². The summed E-state index contributed by atoms with van der Waals surface area (Å²) in [5, 5.41) is 9.30. The lowest BCUT2D eigenvalue weighted by molar-refractivity contribution is -0.143. The number of rotatable bonds is 4. The second kappa shape index (κ2) is 4.71. The first-order chi connectivity index (χ1) is 9.49. The highest BCUT2D eigenvalue weighted by atomic mass is 32.2. The first-order valence-corrected chi connectivity index (χ1v) is 7.96. The van der Waals surface area contributed by atoms with Gasteiger partial charge >= 0.3 is 5.97 Å². The minimum absolute atomic E-state index is 0.0282. The fraction of sp³-hybridized carbons (Fsp3) is 0.357. The second-order valence-electron chi connectivity index (χ2n) is 5.27. The summed E-state index contributed by atoms with van der Waals surface area (Å²) in [6.07, 6.45) is 4.51. The van der Waals surface area contributed by atoms with Crippen molar-refractivity contribution in [3.8, 4) is 0 Å². The van der Waals surface area contributed by atoms with Crippen LogP contribution in [0.1, 0.15) is 6.42 Å². The summed E-state index contributed by atoms with van der Waals surface area (Å²) >= 11 is 0. The maximum Gasteiger partial charge on any atom is 0.308 e. The lowest BCUT2D eigenvalue weighted by Gasteiger charge is -2.25. The van der Waals surface area contributed by atoms with E-state index in [-0.39, 0.29) is 16.7 Å². The highest BCUT2D eigenvalue weighted by Gasteiger charge is 2.49. The molecule has 3 rings (SSSR count). The number of carbonyl (C=O) groups is 1.